The van der Waals surface area contributed by atoms with Crippen LogP contribution < -0.4 is 0 Å². The number of hydrogen-bond acceptors (Lipinski definition) is 3. The van der Waals surface area contributed by atoms with E-state index in [-0.39, 0.29) is 13.2 Å². The van der Waals surface area contributed by atoms with Crippen molar-refractivity contribution in [2.24, 2.45) is 0 Å². The van der Waals surface area contributed by atoms with Crippen LogP contribution in [0.2, 0.25) is 0 Å². The third kappa shape index (κ3) is 3.84. The molecule has 0 aromatic heterocycles. The summed E-state index contributed by atoms with van der Waals surface area (Å²) in [5, 5.41) is 17.7. The maximum atomic E-state index is 11.0. The number of aliphatic carboxylic acids is 1. The summed E-state index contributed by atoms with van der Waals surface area (Å²) in [5.74, 6) is -0.638. The normalized spacial score (nSPS) is 12.7. The molecule has 1 aromatic carbocycles. The first-order chi connectivity index (χ1) is 8.06. The Bertz CT molecular complexity index is 356. The van der Waals surface area contributed by atoms with Gasteiger partial charge in [-0.1, -0.05) is 38.1 Å². The first-order valence-corrected chi connectivity index (χ1v) is 5.61. The van der Waals surface area contributed by atoms with E-state index < -0.39 is 12.1 Å². The molecular weight excluding hydrogens is 220 g/mol. The lowest BCUT2D eigenvalue weighted by molar-refractivity contribution is -0.151. The Labute approximate surface area is 101 Å². The van der Waals surface area contributed by atoms with Gasteiger partial charge >= 0.3 is 5.97 Å². The lowest BCUT2D eigenvalue weighted by atomic mass is 10.00. The summed E-state index contributed by atoms with van der Waals surface area (Å²) in [5.41, 5.74) is 1.75. The molecule has 0 saturated heterocycles. The molecule has 0 bridgehead atoms. The Morgan fingerprint density at radius 2 is 1.76 bits per heavy atom. The molecule has 2 N–H and O–H groups in total. The van der Waals surface area contributed by atoms with Crippen molar-refractivity contribution in [1.82, 2.24) is 0 Å². The number of hydrogen-bond donors (Lipinski definition) is 2. The Kier molecular flexibility index (Phi) is 5.12. The Morgan fingerprint density at radius 3 is 2.18 bits per heavy atom. The smallest absolute Gasteiger partial charge is 0.337 e. The van der Waals surface area contributed by atoms with Gasteiger partial charge in [-0.05, 0) is 17.0 Å². The zero-order valence-electron chi connectivity index (χ0n) is 10.1. The fourth-order valence-corrected chi connectivity index (χ4v) is 1.54. The van der Waals surface area contributed by atoms with Gasteiger partial charge < -0.3 is 14.9 Å². The van der Waals surface area contributed by atoms with Crippen molar-refractivity contribution < 1.29 is 19.7 Å². The molecule has 0 spiro atoms. The van der Waals surface area contributed by atoms with Crippen molar-refractivity contribution in [1.29, 1.82) is 0 Å². The summed E-state index contributed by atoms with van der Waals surface area (Å²) >= 11 is 0. The van der Waals surface area contributed by atoms with Crippen LogP contribution in [-0.2, 0) is 9.53 Å². The van der Waals surface area contributed by atoms with Gasteiger partial charge in [0.1, 0.15) is 0 Å². The summed E-state index contributed by atoms with van der Waals surface area (Å²) in [6, 6.07) is 7.31. The molecule has 4 heteroatoms. The lowest BCUT2D eigenvalue weighted by Gasteiger charge is -2.14. The predicted molar refractivity (Wildman–Crippen MR) is 63.9 cm³/mol. The average Bonchev–Trinajstić information content (AvgIpc) is 2.29. The summed E-state index contributed by atoms with van der Waals surface area (Å²) in [4.78, 5) is 11.0. The van der Waals surface area contributed by atoms with Crippen molar-refractivity contribution in [2.75, 3.05) is 13.2 Å². The number of aliphatic hydroxyl groups is 1. The molecule has 4 nitrogen and oxygen atoms in total. The SMILES string of the molecule is CC(C)c1ccc(C(OCCO)C(=O)O)cc1. The molecule has 0 amide bonds. The molecule has 0 aliphatic heterocycles. The molecular formula is C13H18O4. The minimum absolute atomic E-state index is 0.0168. The monoisotopic (exact) mass is 238 g/mol. The van der Waals surface area contributed by atoms with Crippen LogP contribution in [0.4, 0.5) is 0 Å². The van der Waals surface area contributed by atoms with Crippen LogP contribution in [0.25, 0.3) is 0 Å². The maximum absolute atomic E-state index is 11.0. The van der Waals surface area contributed by atoms with Crippen molar-refractivity contribution in [3.05, 3.63) is 35.4 Å². The van der Waals surface area contributed by atoms with Gasteiger partial charge in [0.15, 0.2) is 6.10 Å². The van der Waals surface area contributed by atoms with Gasteiger partial charge in [0.25, 0.3) is 0 Å². The summed E-state index contributed by atoms with van der Waals surface area (Å²) < 4.78 is 5.09. The van der Waals surface area contributed by atoms with Crippen LogP contribution in [-0.4, -0.2) is 29.4 Å². The van der Waals surface area contributed by atoms with Crippen molar-refractivity contribution in [3.8, 4) is 0 Å². The number of carboxylic acids is 1. The Morgan fingerprint density at radius 1 is 1.24 bits per heavy atom. The minimum atomic E-state index is -1.05. The summed E-state index contributed by atoms with van der Waals surface area (Å²) in [7, 11) is 0. The topological polar surface area (TPSA) is 66.8 Å². The zero-order valence-corrected chi connectivity index (χ0v) is 10.1. The fourth-order valence-electron chi connectivity index (χ4n) is 1.54. The molecule has 1 atom stereocenters. The van der Waals surface area contributed by atoms with E-state index in [0.29, 0.717) is 11.5 Å². The quantitative estimate of drug-likeness (QED) is 0.794. The van der Waals surface area contributed by atoms with Crippen molar-refractivity contribution >= 4 is 5.97 Å². The van der Waals surface area contributed by atoms with E-state index in [1.54, 1.807) is 12.1 Å². The molecule has 0 aliphatic rings. The van der Waals surface area contributed by atoms with Crippen LogP contribution in [0.1, 0.15) is 37.0 Å². The number of rotatable bonds is 6. The van der Waals surface area contributed by atoms with E-state index >= 15 is 0 Å². The standard InChI is InChI=1S/C13H18O4/c1-9(2)10-3-5-11(6-4-10)12(13(15)16)17-8-7-14/h3-6,9,12,14H,7-8H2,1-2H3,(H,15,16). The van der Waals surface area contributed by atoms with E-state index in [4.69, 9.17) is 14.9 Å². The van der Waals surface area contributed by atoms with Gasteiger partial charge in [0.2, 0.25) is 0 Å². The van der Waals surface area contributed by atoms with Crippen LogP contribution in [0.5, 0.6) is 0 Å². The van der Waals surface area contributed by atoms with Gasteiger partial charge in [-0.25, -0.2) is 4.79 Å². The number of ether oxygens (including phenoxy) is 1. The van der Waals surface area contributed by atoms with E-state index in [9.17, 15) is 4.79 Å². The van der Waals surface area contributed by atoms with E-state index in [1.165, 1.54) is 0 Å². The second-order valence-corrected chi connectivity index (χ2v) is 4.13. The molecule has 94 valence electrons. The first-order valence-electron chi connectivity index (χ1n) is 5.61. The maximum Gasteiger partial charge on any atom is 0.337 e. The average molecular weight is 238 g/mol. The minimum Gasteiger partial charge on any atom is -0.479 e. The van der Waals surface area contributed by atoms with E-state index in [0.717, 1.165) is 5.56 Å². The molecule has 0 heterocycles. The van der Waals surface area contributed by atoms with E-state index in [1.807, 2.05) is 12.1 Å². The molecule has 0 aliphatic carbocycles. The second kappa shape index (κ2) is 6.37. The van der Waals surface area contributed by atoms with Crippen LogP contribution in [0.15, 0.2) is 24.3 Å². The predicted octanol–water partition coefficient (Wildman–Crippen LogP) is 1.94. The third-order valence-electron chi connectivity index (χ3n) is 2.51. The van der Waals surface area contributed by atoms with Gasteiger partial charge in [-0.15, -0.1) is 0 Å². The van der Waals surface area contributed by atoms with Crippen LogP contribution in [0.3, 0.4) is 0 Å². The Hall–Kier alpha value is -1.39. The highest BCUT2D eigenvalue weighted by atomic mass is 16.5. The third-order valence-corrected chi connectivity index (χ3v) is 2.51. The summed E-state index contributed by atoms with van der Waals surface area (Å²) in [6.45, 7) is 3.98. The summed E-state index contributed by atoms with van der Waals surface area (Å²) in [6.07, 6.45) is -1.01. The van der Waals surface area contributed by atoms with Crippen molar-refractivity contribution in [2.45, 2.75) is 25.9 Å². The molecule has 0 radical (unpaired) electrons. The van der Waals surface area contributed by atoms with E-state index in [2.05, 4.69) is 13.8 Å². The molecule has 17 heavy (non-hydrogen) atoms. The lowest BCUT2D eigenvalue weighted by Crippen LogP contribution is -2.17. The first kappa shape index (κ1) is 13.7. The highest BCUT2D eigenvalue weighted by molar-refractivity contribution is 5.74. The highest BCUT2D eigenvalue weighted by Crippen LogP contribution is 2.21. The highest BCUT2D eigenvalue weighted by Gasteiger charge is 2.20. The zero-order chi connectivity index (χ0) is 12.8. The van der Waals surface area contributed by atoms with Crippen LogP contribution >= 0.6 is 0 Å². The molecule has 1 aromatic rings. The van der Waals surface area contributed by atoms with Gasteiger partial charge in [-0.3, -0.25) is 0 Å². The Balaban J connectivity index is 2.83. The van der Waals surface area contributed by atoms with Gasteiger partial charge in [0.05, 0.1) is 13.2 Å². The van der Waals surface area contributed by atoms with Gasteiger partial charge in [-0.2, -0.15) is 0 Å². The number of aliphatic hydroxyl groups excluding tert-OH is 1. The molecule has 1 rings (SSSR count). The second-order valence-electron chi connectivity index (χ2n) is 4.13. The number of carbonyl (C=O) groups is 1. The van der Waals surface area contributed by atoms with Crippen LogP contribution in [0, 0.1) is 0 Å². The van der Waals surface area contributed by atoms with Gasteiger partial charge in [0, 0.05) is 0 Å². The largest absolute Gasteiger partial charge is 0.479 e. The number of carboxylic acid groups (broad SMARTS) is 1. The molecule has 0 fully saturated rings. The molecule has 1 unspecified atom stereocenters. The van der Waals surface area contributed by atoms with Crippen molar-refractivity contribution in [3.63, 3.8) is 0 Å². The molecule has 0 saturated carbocycles. The fraction of sp³-hybridized carbons (Fsp3) is 0.462. The number of benzene rings is 1.